The Morgan fingerprint density at radius 1 is 0.330 bits per heavy atom. The summed E-state index contributed by atoms with van der Waals surface area (Å²) in [6.07, 6.45) is 104. The molecule has 0 aromatic rings. The summed E-state index contributed by atoms with van der Waals surface area (Å²) < 4.78 is 22.9. The van der Waals surface area contributed by atoms with Crippen molar-refractivity contribution in [2.24, 2.45) is 0 Å². The summed E-state index contributed by atoms with van der Waals surface area (Å²) in [5.41, 5.74) is 0. The lowest BCUT2D eigenvalue weighted by Gasteiger charge is -2.25. The molecule has 0 fully saturated rings. The number of nitrogens with zero attached hydrogens (tertiary/aromatic N) is 1. The third-order valence-corrected chi connectivity index (χ3v) is 14.7. The molecule has 0 saturated carbocycles. The molecule has 0 aliphatic rings. The van der Waals surface area contributed by atoms with E-state index >= 15 is 0 Å². The van der Waals surface area contributed by atoms with Crippen molar-refractivity contribution in [3.8, 4) is 0 Å². The Bertz CT molecular complexity index is 2150. The molecule has 9 nitrogen and oxygen atoms in total. The standard InChI is InChI=1S/C82H131NO8/c1-6-8-10-12-14-16-18-20-22-24-26-28-30-32-34-36-37-38-39-40-41-42-43-45-46-48-50-52-54-56-58-60-62-64-66-68-70-72-79(84)89-76-78(77-90-82(81(86)87)88-75-74-83(3,4)5)91-80(85)73-71-69-67-65-63-61-59-57-55-53-51-49-47-44-35-33-31-29-27-25-23-21-19-17-15-13-11-9-7-2/h8-11,14-17,20-23,26-29,32-35,37-38,40-41,47,49,53,55,59,61,78,82H,6-7,12-13,18-19,24-25,30-31,36,39,42-46,48,50-52,54,56-58,60,62-77H2,1-5H3/p+1/b10-8-,11-9-,16-14-,17-15-,22-20-,23-21-,28-26-,29-27-,34-32-,35-33-,38-37-,41-40-,49-47-,55-53-,61-59-. The predicted octanol–water partition coefficient (Wildman–Crippen LogP) is 22.8. The van der Waals surface area contributed by atoms with Gasteiger partial charge in [-0.05, 0) is 135 Å². The number of hydrogen-bond donors (Lipinski definition) is 1. The third kappa shape index (κ3) is 71.7. The van der Waals surface area contributed by atoms with Gasteiger partial charge in [-0.2, -0.15) is 0 Å². The van der Waals surface area contributed by atoms with Gasteiger partial charge in [-0.15, -0.1) is 0 Å². The van der Waals surface area contributed by atoms with Crippen molar-refractivity contribution in [1.29, 1.82) is 0 Å². The predicted molar refractivity (Wildman–Crippen MR) is 391 cm³/mol. The summed E-state index contributed by atoms with van der Waals surface area (Å²) in [5, 5.41) is 9.75. The van der Waals surface area contributed by atoms with Gasteiger partial charge in [0, 0.05) is 12.8 Å². The minimum absolute atomic E-state index is 0.173. The van der Waals surface area contributed by atoms with Crippen LogP contribution in [0.4, 0.5) is 0 Å². The molecule has 9 heteroatoms. The normalized spacial score (nSPS) is 13.8. The number of unbranched alkanes of at least 4 members (excludes halogenated alkanes) is 19. The fourth-order valence-corrected chi connectivity index (χ4v) is 9.25. The summed E-state index contributed by atoms with van der Waals surface area (Å²) in [7, 11) is 5.96. The number of likely N-dealkylation sites (N-methyl/N-ethyl adjacent to an activating group) is 1. The van der Waals surface area contributed by atoms with Gasteiger partial charge in [0.15, 0.2) is 6.10 Å². The first-order valence-electron chi connectivity index (χ1n) is 35.9. The van der Waals surface area contributed by atoms with Crippen LogP contribution in [0.1, 0.15) is 258 Å². The number of rotatable bonds is 64. The van der Waals surface area contributed by atoms with Gasteiger partial charge in [0.05, 0.1) is 34.4 Å². The minimum Gasteiger partial charge on any atom is -0.477 e. The van der Waals surface area contributed by atoms with E-state index in [1.54, 1.807) is 0 Å². The summed E-state index contributed by atoms with van der Waals surface area (Å²) in [6.45, 7) is 4.60. The van der Waals surface area contributed by atoms with Crippen molar-refractivity contribution >= 4 is 17.9 Å². The SMILES string of the molecule is CC/C=C\C/C=C\C/C=C\C/C=C\C/C=C\C/C=C\C/C=C\C/C=C\CCCCCCC(=O)OC(COC(=O)CCCCCCCCCCCCCCCCC/C=C\C/C=C\C/C=C\C/C=C\C/C=C\C/C=C\C/C=C\CC)COC(OCC[N+](C)(C)C)C(=O)O. The molecule has 0 saturated heterocycles. The fraction of sp³-hybridized carbons (Fsp3) is 0.598. The molecule has 0 amide bonds. The van der Waals surface area contributed by atoms with Crippen molar-refractivity contribution in [2.45, 2.75) is 270 Å². The average molecular weight is 1260 g/mol. The molecule has 0 bridgehead atoms. The van der Waals surface area contributed by atoms with Gasteiger partial charge >= 0.3 is 17.9 Å². The molecular weight excluding hydrogens is 1130 g/mol. The van der Waals surface area contributed by atoms with Crippen molar-refractivity contribution in [3.05, 3.63) is 182 Å². The Kier molecular flexibility index (Phi) is 65.9. The van der Waals surface area contributed by atoms with Crippen LogP contribution in [0, 0.1) is 0 Å². The van der Waals surface area contributed by atoms with Crippen LogP contribution in [-0.4, -0.2) is 87.4 Å². The fourth-order valence-electron chi connectivity index (χ4n) is 9.25. The molecule has 0 heterocycles. The van der Waals surface area contributed by atoms with E-state index < -0.39 is 24.3 Å². The highest BCUT2D eigenvalue weighted by molar-refractivity contribution is 5.71. The quantitative estimate of drug-likeness (QED) is 0.0211. The summed E-state index contributed by atoms with van der Waals surface area (Å²) in [6, 6.07) is 0. The van der Waals surface area contributed by atoms with E-state index in [2.05, 4.69) is 196 Å². The molecule has 0 aliphatic carbocycles. The molecule has 91 heavy (non-hydrogen) atoms. The number of carboxylic acids is 1. The first-order chi connectivity index (χ1) is 44.6. The van der Waals surface area contributed by atoms with E-state index in [4.69, 9.17) is 18.9 Å². The van der Waals surface area contributed by atoms with Crippen molar-refractivity contribution in [2.75, 3.05) is 47.5 Å². The van der Waals surface area contributed by atoms with Crippen LogP contribution in [-0.2, 0) is 33.3 Å². The molecule has 0 aromatic heterocycles. The number of allylic oxidation sites excluding steroid dienone is 30. The molecule has 1 N–H and O–H groups in total. The third-order valence-electron chi connectivity index (χ3n) is 14.7. The number of esters is 2. The van der Waals surface area contributed by atoms with E-state index in [1.807, 2.05) is 21.1 Å². The van der Waals surface area contributed by atoms with Gasteiger partial charge in [0.25, 0.3) is 6.29 Å². The van der Waals surface area contributed by atoms with E-state index in [0.717, 1.165) is 141 Å². The van der Waals surface area contributed by atoms with Crippen LogP contribution >= 0.6 is 0 Å². The Morgan fingerprint density at radius 3 is 0.879 bits per heavy atom. The van der Waals surface area contributed by atoms with Gasteiger partial charge < -0.3 is 28.5 Å². The lowest BCUT2D eigenvalue weighted by Crippen LogP contribution is -2.40. The van der Waals surface area contributed by atoms with Crippen LogP contribution in [0.3, 0.4) is 0 Å². The maximum absolute atomic E-state index is 12.9. The second-order valence-electron chi connectivity index (χ2n) is 24.4. The molecule has 0 spiro atoms. The zero-order chi connectivity index (χ0) is 66.1. The number of ether oxygens (including phenoxy) is 4. The number of hydrogen-bond acceptors (Lipinski definition) is 7. The largest absolute Gasteiger partial charge is 0.477 e. The first-order valence-corrected chi connectivity index (χ1v) is 35.9. The molecule has 2 atom stereocenters. The highest BCUT2D eigenvalue weighted by atomic mass is 16.7. The number of carboxylic acid groups (broad SMARTS) is 1. The Hall–Kier alpha value is -5.61. The lowest BCUT2D eigenvalue weighted by atomic mass is 10.0. The van der Waals surface area contributed by atoms with Crippen molar-refractivity contribution in [3.63, 3.8) is 0 Å². The topological polar surface area (TPSA) is 108 Å². The van der Waals surface area contributed by atoms with Crippen molar-refractivity contribution < 1.29 is 42.9 Å². The van der Waals surface area contributed by atoms with E-state index in [-0.39, 0.29) is 38.6 Å². The van der Waals surface area contributed by atoms with E-state index in [1.165, 1.54) is 83.5 Å². The molecule has 0 radical (unpaired) electrons. The monoisotopic (exact) mass is 1260 g/mol. The van der Waals surface area contributed by atoms with Gasteiger partial charge in [0.2, 0.25) is 0 Å². The minimum atomic E-state index is -1.53. The highest BCUT2D eigenvalue weighted by Gasteiger charge is 2.25. The van der Waals surface area contributed by atoms with Crippen LogP contribution < -0.4 is 0 Å². The Labute approximate surface area is 558 Å². The second-order valence-corrected chi connectivity index (χ2v) is 24.4. The molecule has 0 aromatic carbocycles. The van der Waals surface area contributed by atoms with Gasteiger partial charge in [0.1, 0.15) is 13.2 Å². The average Bonchev–Trinajstić information content (AvgIpc) is 3.66. The molecule has 512 valence electrons. The highest BCUT2D eigenvalue weighted by Crippen LogP contribution is 2.16. The van der Waals surface area contributed by atoms with Crippen LogP contribution in [0.2, 0.25) is 0 Å². The number of aliphatic carboxylic acids is 1. The second kappa shape index (κ2) is 70.3. The Morgan fingerprint density at radius 2 is 0.593 bits per heavy atom. The maximum Gasteiger partial charge on any atom is 0.361 e. The van der Waals surface area contributed by atoms with Gasteiger partial charge in [-0.3, -0.25) is 9.59 Å². The summed E-state index contributed by atoms with van der Waals surface area (Å²) in [5.74, 6) is -2.05. The zero-order valence-corrected chi connectivity index (χ0v) is 58.4. The number of carbonyl (C=O) groups is 3. The van der Waals surface area contributed by atoms with Gasteiger partial charge in [-0.25, -0.2) is 4.79 Å². The van der Waals surface area contributed by atoms with Crippen LogP contribution in [0.5, 0.6) is 0 Å². The summed E-state index contributed by atoms with van der Waals surface area (Å²) in [4.78, 5) is 37.6. The smallest absolute Gasteiger partial charge is 0.361 e. The molecule has 0 aliphatic heterocycles. The lowest BCUT2D eigenvalue weighted by molar-refractivity contribution is -0.870. The Balaban J connectivity index is 4.19. The first kappa shape index (κ1) is 85.4. The van der Waals surface area contributed by atoms with Gasteiger partial charge in [-0.1, -0.05) is 292 Å². The number of carbonyl (C=O) groups excluding carboxylic acids is 2. The molecular formula is C82H132NO8+. The maximum atomic E-state index is 12.9. The van der Waals surface area contributed by atoms with E-state index in [0.29, 0.717) is 17.4 Å². The van der Waals surface area contributed by atoms with Crippen LogP contribution in [0.15, 0.2) is 182 Å². The summed E-state index contributed by atoms with van der Waals surface area (Å²) >= 11 is 0. The van der Waals surface area contributed by atoms with Crippen molar-refractivity contribution in [1.82, 2.24) is 0 Å². The van der Waals surface area contributed by atoms with E-state index in [9.17, 15) is 19.5 Å². The number of quaternary nitrogens is 1. The zero-order valence-electron chi connectivity index (χ0n) is 58.4. The molecule has 0 rings (SSSR count). The molecule has 2 unspecified atom stereocenters. The van der Waals surface area contributed by atoms with Crippen LogP contribution in [0.25, 0.3) is 0 Å².